The second-order valence-corrected chi connectivity index (χ2v) is 7.56. The number of methoxy groups -OCH3 is 1. The molecule has 0 fully saturated rings. The lowest BCUT2D eigenvalue weighted by molar-refractivity contribution is -0.113. The third-order valence-corrected chi connectivity index (χ3v) is 5.11. The lowest BCUT2D eigenvalue weighted by atomic mass is 10.1. The number of rotatable bonds is 5. The number of nitrogens with one attached hydrogen (secondary N) is 2. The van der Waals surface area contributed by atoms with Gasteiger partial charge in [0.1, 0.15) is 0 Å². The predicted molar refractivity (Wildman–Crippen MR) is 112 cm³/mol. The number of ether oxygens (including phenoxy) is 1. The van der Waals surface area contributed by atoms with Crippen molar-refractivity contribution in [2.24, 2.45) is 0 Å². The summed E-state index contributed by atoms with van der Waals surface area (Å²) < 4.78 is 4.72. The first kappa shape index (κ1) is 20.8. The average molecular weight is 433 g/mol. The number of benzene rings is 1. The summed E-state index contributed by atoms with van der Waals surface area (Å²) >= 11 is 7.15. The molecule has 3 aromatic rings. The van der Waals surface area contributed by atoms with Gasteiger partial charge < -0.3 is 15.0 Å². The molecule has 2 N–H and O–H groups in total. The van der Waals surface area contributed by atoms with Crippen LogP contribution < -0.4 is 10.9 Å². The molecular formula is C19H17ClN4O4S. The van der Waals surface area contributed by atoms with Crippen LogP contribution in [0.25, 0.3) is 11.0 Å². The Bertz CT molecular complexity index is 1180. The maximum atomic E-state index is 12.5. The minimum absolute atomic E-state index is 0.00563. The summed E-state index contributed by atoms with van der Waals surface area (Å²) in [7, 11) is 1.23. The van der Waals surface area contributed by atoms with Crippen molar-refractivity contribution in [1.29, 1.82) is 0 Å². The third-order valence-electron chi connectivity index (χ3n) is 3.93. The number of carbonyl (C=O) groups excluding carboxylic acids is 2. The van der Waals surface area contributed by atoms with E-state index in [1.807, 2.05) is 13.0 Å². The van der Waals surface area contributed by atoms with Crippen molar-refractivity contribution in [3.8, 4) is 0 Å². The molecule has 0 unspecified atom stereocenters. The fourth-order valence-corrected chi connectivity index (χ4v) is 3.56. The zero-order valence-corrected chi connectivity index (χ0v) is 17.4. The number of carbonyl (C=O) groups is 2. The molecule has 0 radical (unpaired) electrons. The molecule has 0 bridgehead atoms. The molecule has 0 aliphatic carbocycles. The van der Waals surface area contributed by atoms with E-state index in [-0.39, 0.29) is 33.4 Å². The van der Waals surface area contributed by atoms with Gasteiger partial charge in [-0.05, 0) is 37.6 Å². The number of hydrogen-bond donors (Lipinski definition) is 2. The summed E-state index contributed by atoms with van der Waals surface area (Å²) in [6.45, 7) is 3.58. The summed E-state index contributed by atoms with van der Waals surface area (Å²) in [5.41, 5.74) is 1.66. The van der Waals surface area contributed by atoms with Gasteiger partial charge in [-0.25, -0.2) is 14.8 Å². The summed E-state index contributed by atoms with van der Waals surface area (Å²) in [5.74, 6) is -0.965. The van der Waals surface area contributed by atoms with Crippen LogP contribution in [0.5, 0.6) is 0 Å². The summed E-state index contributed by atoms with van der Waals surface area (Å²) in [6, 6.07) is 6.78. The molecule has 0 atom stereocenters. The number of nitrogens with zero attached hydrogens (tertiary/aromatic N) is 2. The van der Waals surface area contributed by atoms with Gasteiger partial charge in [0.2, 0.25) is 5.91 Å². The fraction of sp³-hybridized carbons (Fsp3) is 0.211. The standard InChI is InChI=1S/C19H17ClN4O4S/c1-9-4-5-13(12(20)6-9)22-14(25)8-29-19-23-16-15(17(26)24-19)11(18(27)28-3)7-10(2)21-16/h4-7H,8H2,1-3H3,(H,22,25)(H,21,23,24,26). The quantitative estimate of drug-likeness (QED) is 0.361. The molecule has 0 saturated carbocycles. The van der Waals surface area contributed by atoms with E-state index in [1.54, 1.807) is 19.1 Å². The third kappa shape index (κ3) is 4.75. The number of H-pyrrole nitrogens is 1. The van der Waals surface area contributed by atoms with Gasteiger partial charge in [-0.15, -0.1) is 0 Å². The molecule has 8 nitrogen and oxygen atoms in total. The number of hydrogen-bond acceptors (Lipinski definition) is 7. The molecule has 1 amide bonds. The summed E-state index contributed by atoms with van der Waals surface area (Å²) in [4.78, 5) is 47.7. The Kier molecular flexibility index (Phi) is 6.19. The first-order valence-electron chi connectivity index (χ1n) is 8.47. The van der Waals surface area contributed by atoms with Crippen molar-refractivity contribution in [2.75, 3.05) is 18.2 Å². The van der Waals surface area contributed by atoms with Crippen molar-refractivity contribution < 1.29 is 14.3 Å². The van der Waals surface area contributed by atoms with E-state index in [0.717, 1.165) is 17.3 Å². The Hall–Kier alpha value is -2.91. The van der Waals surface area contributed by atoms with Crippen molar-refractivity contribution in [2.45, 2.75) is 19.0 Å². The first-order valence-corrected chi connectivity index (χ1v) is 9.83. The maximum Gasteiger partial charge on any atom is 0.338 e. The number of anilines is 1. The summed E-state index contributed by atoms with van der Waals surface area (Å²) in [6.07, 6.45) is 0. The molecule has 0 saturated heterocycles. The molecule has 150 valence electrons. The number of fused-ring (bicyclic) bond motifs is 1. The van der Waals surface area contributed by atoms with Crippen LogP contribution in [-0.4, -0.2) is 39.7 Å². The number of halogens is 1. The number of amides is 1. The van der Waals surface area contributed by atoms with E-state index in [2.05, 4.69) is 20.3 Å². The van der Waals surface area contributed by atoms with Crippen LogP contribution in [0.2, 0.25) is 5.02 Å². The molecule has 2 heterocycles. The molecule has 2 aromatic heterocycles. The predicted octanol–water partition coefficient (Wildman–Crippen LogP) is 3.11. The van der Waals surface area contributed by atoms with Gasteiger partial charge in [0.25, 0.3) is 5.56 Å². The second kappa shape index (κ2) is 8.62. The van der Waals surface area contributed by atoms with Gasteiger partial charge in [-0.2, -0.15) is 0 Å². The van der Waals surface area contributed by atoms with Crippen LogP contribution in [0.4, 0.5) is 5.69 Å². The molecule has 0 aliphatic heterocycles. The summed E-state index contributed by atoms with van der Waals surface area (Å²) in [5, 5.41) is 3.41. The van der Waals surface area contributed by atoms with Crippen molar-refractivity contribution in [3.63, 3.8) is 0 Å². The molecule has 0 aliphatic rings. The highest BCUT2D eigenvalue weighted by Gasteiger charge is 2.18. The zero-order chi connectivity index (χ0) is 21.1. The second-order valence-electron chi connectivity index (χ2n) is 6.19. The van der Waals surface area contributed by atoms with Crippen molar-refractivity contribution in [3.05, 3.63) is 56.5 Å². The molecular weight excluding hydrogens is 416 g/mol. The van der Waals surface area contributed by atoms with Crippen molar-refractivity contribution >= 4 is 52.0 Å². The molecule has 1 aromatic carbocycles. The number of aromatic nitrogens is 3. The van der Waals surface area contributed by atoms with Gasteiger partial charge in [-0.1, -0.05) is 29.4 Å². The van der Waals surface area contributed by atoms with Crippen LogP contribution in [-0.2, 0) is 9.53 Å². The largest absolute Gasteiger partial charge is 0.465 e. The van der Waals surface area contributed by atoms with E-state index in [0.29, 0.717) is 16.4 Å². The lowest BCUT2D eigenvalue weighted by Crippen LogP contribution is -2.18. The lowest BCUT2D eigenvalue weighted by Gasteiger charge is -2.08. The fourth-order valence-electron chi connectivity index (χ4n) is 2.63. The monoisotopic (exact) mass is 432 g/mol. The normalized spacial score (nSPS) is 10.8. The number of aromatic amines is 1. The smallest absolute Gasteiger partial charge is 0.338 e. The first-order chi connectivity index (χ1) is 13.8. The van der Waals surface area contributed by atoms with Crippen LogP contribution >= 0.6 is 23.4 Å². The van der Waals surface area contributed by atoms with Crippen molar-refractivity contribution in [1.82, 2.24) is 15.0 Å². The highest BCUT2D eigenvalue weighted by molar-refractivity contribution is 7.99. The highest BCUT2D eigenvalue weighted by Crippen LogP contribution is 2.23. The van der Waals surface area contributed by atoms with Crippen LogP contribution in [0.15, 0.2) is 34.2 Å². The Morgan fingerprint density at radius 2 is 2.00 bits per heavy atom. The number of aryl methyl sites for hydroxylation is 2. The number of esters is 1. The number of pyridine rings is 1. The zero-order valence-electron chi connectivity index (χ0n) is 15.8. The van der Waals surface area contributed by atoms with Gasteiger partial charge >= 0.3 is 5.97 Å². The van der Waals surface area contributed by atoms with E-state index in [9.17, 15) is 14.4 Å². The van der Waals surface area contributed by atoms with Crippen LogP contribution in [0.3, 0.4) is 0 Å². The maximum absolute atomic E-state index is 12.5. The van der Waals surface area contributed by atoms with Gasteiger partial charge in [0.05, 0.1) is 34.5 Å². The molecule has 10 heteroatoms. The van der Waals surface area contributed by atoms with Gasteiger partial charge in [-0.3, -0.25) is 9.59 Å². The van der Waals surface area contributed by atoms with E-state index in [1.165, 1.54) is 13.2 Å². The number of thioether (sulfide) groups is 1. The van der Waals surface area contributed by atoms with E-state index >= 15 is 0 Å². The molecule has 3 rings (SSSR count). The SMILES string of the molecule is COC(=O)c1cc(C)nc2nc(SCC(=O)Nc3ccc(C)cc3Cl)[nH]c(=O)c12. The van der Waals surface area contributed by atoms with Crippen LogP contribution in [0.1, 0.15) is 21.6 Å². The molecule has 0 spiro atoms. The van der Waals surface area contributed by atoms with Gasteiger partial charge in [0, 0.05) is 5.69 Å². The molecule has 29 heavy (non-hydrogen) atoms. The Labute approximate surface area is 175 Å². The highest BCUT2D eigenvalue weighted by atomic mass is 35.5. The van der Waals surface area contributed by atoms with Crippen LogP contribution in [0, 0.1) is 13.8 Å². The van der Waals surface area contributed by atoms with E-state index < -0.39 is 11.5 Å². The minimum Gasteiger partial charge on any atom is -0.465 e. The van der Waals surface area contributed by atoms with Gasteiger partial charge in [0.15, 0.2) is 10.8 Å². The minimum atomic E-state index is -0.650. The Morgan fingerprint density at radius 1 is 1.24 bits per heavy atom. The Balaban J connectivity index is 1.81. The Morgan fingerprint density at radius 3 is 2.69 bits per heavy atom. The average Bonchev–Trinajstić information content (AvgIpc) is 2.67. The topological polar surface area (TPSA) is 114 Å². The van der Waals surface area contributed by atoms with E-state index in [4.69, 9.17) is 16.3 Å².